The molecule has 1 unspecified atom stereocenters. The van der Waals surface area contributed by atoms with Crippen molar-refractivity contribution < 1.29 is 4.74 Å². The maximum atomic E-state index is 5.94. The van der Waals surface area contributed by atoms with Crippen molar-refractivity contribution in [3.8, 4) is 5.75 Å². The summed E-state index contributed by atoms with van der Waals surface area (Å²) in [5.41, 5.74) is 10.7. The molecule has 0 aromatic heterocycles. The van der Waals surface area contributed by atoms with Crippen molar-refractivity contribution >= 4 is 0 Å². The Labute approximate surface area is 128 Å². The van der Waals surface area contributed by atoms with E-state index in [2.05, 4.69) is 34.5 Å². The predicted octanol–water partition coefficient (Wildman–Crippen LogP) is 1.23. The molecule has 5 nitrogen and oxygen atoms in total. The number of hydrazine groups is 1. The number of hydrogen-bond acceptors (Lipinski definition) is 5. The molecule has 3 N–H and O–H groups in total. The van der Waals surface area contributed by atoms with Crippen LogP contribution < -0.4 is 15.9 Å². The van der Waals surface area contributed by atoms with Crippen molar-refractivity contribution in [3.05, 3.63) is 29.8 Å². The van der Waals surface area contributed by atoms with Gasteiger partial charge >= 0.3 is 0 Å². The van der Waals surface area contributed by atoms with Gasteiger partial charge in [0, 0.05) is 32.7 Å². The van der Waals surface area contributed by atoms with E-state index in [4.69, 9.17) is 10.5 Å². The summed E-state index contributed by atoms with van der Waals surface area (Å²) in [5, 5.41) is 2.27. The van der Waals surface area contributed by atoms with E-state index in [0.29, 0.717) is 6.54 Å². The van der Waals surface area contributed by atoms with Gasteiger partial charge in [-0.3, -0.25) is 0 Å². The van der Waals surface area contributed by atoms with Crippen LogP contribution in [0.5, 0.6) is 5.75 Å². The van der Waals surface area contributed by atoms with E-state index in [1.165, 1.54) is 5.56 Å². The number of nitrogens with one attached hydrogen (secondary N) is 1. The third-order valence-corrected chi connectivity index (χ3v) is 3.73. The van der Waals surface area contributed by atoms with Crippen LogP contribution in [0.15, 0.2) is 24.3 Å². The highest BCUT2D eigenvalue weighted by Crippen LogP contribution is 2.19. The van der Waals surface area contributed by atoms with E-state index in [0.717, 1.165) is 31.9 Å². The second-order valence-electron chi connectivity index (χ2n) is 5.94. The largest absolute Gasteiger partial charge is 0.491 e. The predicted molar refractivity (Wildman–Crippen MR) is 86.2 cm³/mol. The summed E-state index contributed by atoms with van der Waals surface area (Å²) < 4.78 is 5.68. The van der Waals surface area contributed by atoms with Gasteiger partial charge in [-0.05, 0) is 38.6 Å². The minimum atomic E-state index is 0.154. The minimum absolute atomic E-state index is 0.154. The average molecular weight is 292 g/mol. The number of ether oxygens (including phenoxy) is 1. The normalized spacial score (nSPS) is 18.9. The smallest absolute Gasteiger partial charge is 0.119 e. The number of benzene rings is 1. The molecular formula is C16H28N4O. The first-order valence-electron chi connectivity index (χ1n) is 7.75. The van der Waals surface area contributed by atoms with Crippen molar-refractivity contribution in [2.75, 3.05) is 39.8 Å². The molecule has 1 atom stereocenters. The zero-order chi connectivity index (χ0) is 15.2. The molecule has 0 radical (unpaired) electrons. The van der Waals surface area contributed by atoms with Crippen LogP contribution in [0.3, 0.4) is 0 Å². The van der Waals surface area contributed by atoms with Gasteiger partial charge in [0.15, 0.2) is 0 Å². The molecular weight excluding hydrogens is 264 g/mol. The Morgan fingerprint density at radius 2 is 1.76 bits per heavy atom. The monoisotopic (exact) mass is 292 g/mol. The molecule has 1 aliphatic rings. The molecule has 1 aromatic carbocycles. The van der Waals surface area contributed by atoms with Gasteiger partial charge in [-0.1, -0.05) is 12.1 Å². The number of likely N-dealkylation sites (N-methyl/N-ethyl adjacent to an activating group) is 1. The fraction of sp³-hybridized carbons (Fsp3) is 0.625. The Kier molecular flexibility index (Phi) is 5.99. The second kappa shape index (κ2) is 7.75. The molecule has 0 saturated carbocycles. The van der Waals surface area contributed by atoms with Gasteiger partial charge in [-0.2, -0.15) is 0 Å². The summed E-state index contributed by atoms with van der Waals surface area (Å²) in [6.45, 7) is 8.88. The molecule has 5 heteroatoms. The minimum Gasteiger partial charge on any atom is -0.491 e. The van der Waals surface area contributed by atoms with Gasteiger partial charge < -0.3 is 15.4 Å². The highest BCUT2D eigenvalue weighted by atomic mass is 16.5. The number of hydrogen-bond donors (Lipinski definition) is 2. The SMILES string of the molecule is CC(C)Oc1ccc(C(CN)NN2CCN(C)CC2)cc1. The topological polar surface area (TPSA) is 53.8 Å². The highest BCUT2D eigenvalue weighted by Gasteiger charge is 2.18. The van der Waals surface area contributed by atoms with Crippen LogP contribution >= 0.6 is 0 Å². The molecule has 0 bridgehead atoms. The molecule has 0 aliphatic carbocycles. The Balaban J connectivity index is 1.93. The number of nitrogens with two attached hydrogens (primary N) is 1. The first-order valence-corrected chi connectivity index (χ1v) is 7.75. The number of piperazine rings is 1. The first kappa shape index (κ1) is 16.2. The summed E-state index contributed by atoms with van der Waals surface area (Å²) in [5.74, 6) is 0.907. The maximum absolute atomic E-state index is 5.94. The van der Waals surface area contributed by atoms with E-state index in [1.54, 1.807) is 0 Å². The second-order valence-corrected chi connectivity index (χ2v) is 5.94. The van der Waals surface area contributed by atoms with Gasteiger partial charge in [-0.15, -0.1) is 0 Å². The van der Waals surface area contributed by atoms with Gasteiger partial charge in [-0.25, -0.2) is 10.4 Å². The van der Waals surface area contributed by atoms with E-state index >= 15 is 0 Å². The molecule has 1 aliphatic heterocycles. The molecule has 1 heterocycles. The summed E-state index contributed by atoms with van der Waals surface area (Å²) in [6, 6.07) is 8.38. The molecule has 1 saturated heterocycles. The van der Waals surface area contributed by atoms with Crippen LogP contribution in [0.25, 0.3) is 0 Å². The Bertz CT molecular complexity index is 413. The van der Waals surface area contributed by atoms with Crippen LogP contribution in [0.4, 0.5) is 0 Å². The van der Waals surface area contributed by atoms with Crippen LogP contribution in [0, 0.1) is 0 Å². The highest BCUT2D eigenvalue weighted by molar-refractivity contribution is 5.29. The van der Waals surface area contributed by atoms with Gasteiger partial charge in [0.05, 0.1) is 12.1 Å². The molecule has 118 valence electrons. The molecule has 1 aromatic rings. The fourth-order valence-electron chi connectivity index (χ4n) is 2.47. The van der Waals surface area contributed by atoms with Crippen molar-refractivity contribution in [3.63, 3.8) is 0 Å². The zero-order valence-corrected chi connectivity index (χ0v) is 13.4. The molecule has 0 spiro atoms. The fourth-order valence-corrected chi connectivity index (χ4v) is 2.47. The van der Waals surface area contributed by atoms with Crippen molar-refractivity contribution in [2.24, 2.45) is 5.73 Å². The van der Waals surface area contributed by atoms with Gasteiger partial charge in [0.25, 0.3) is 0 Å². The van der Waals surface area contributed by atoms with Crippen molar-refractivity contribution in [1.82, 2.24) is 15.3 Å². The number of nitrogens with zero attached hydrogens (tertiary/aromatic N) is 2. The Morgan fingerprint density at radius 3 is 2.29 bits per heavy atom. The third kappa shape index (κ3) is 4.97. The Morgan fingerprint density at radius 1 is 1.14 bits per heavy atom. The van der Waals surface area contributed by atoms with Crippen LogP contribution in [0.1, 0.15) is 25.5 Å². The van der Waals surface area contributed by atoms with E-state index < -0.39 is 0 Å². The third-order valence-electron chi connectivity index (χ3n) is 3.73. The molecule has 0 amide bonds. The molecule has 2 rings (SSSR count). The van der Waals surface area contributed by atoms with Crippen LogP contribution in [-0.4, -0.2) is 55.8 Å². The summed E-state index contributed by atoms with van der Waals surface area (Å²) >= 11 is 0. The summed E-state index contributed by atoms with van der Waals surface area (Å²) in [4.78, 5) is 2.34. The number of rotatable bonds is 6. The standard InChI is InChI=1S/C16H28N4O/c1-13(2)21-15-6-4-14(5-7-15)16(12-17)18-20-10-8-19(3)9-11-20/h4-7,13,16,18H,8-12,17H2,1-3H3. The lowest BCUT2D eigenvalue weighted by molar-refractivity contribution is 0.0880. The van der Waals surface area contributed by atoms with Crippen LogP contribution in [0.2, 0.25) is 0 Å². The zero-order valence-electron chi connectivity index (χ0n) is 13.4. The van der Waals surface area contributed by atoms with E-state index in [-0.39, 0.29) is 12.1 Å². The molecule has 21 heavy (non-hydrogen) atoms. The quantitative estimate of drug-likeness (QED) is 0.826. The van der Waals surface area contributed by atoms with E-state index in [9.17, 15) is 0 Å². The average Bonchev–Trinajstić information content (AvgIpc) is 2.47. The lowest BCUT2D eigenvalue weighted by atomic mass is 10.1. The van der Waals surface area contributed by atoms with Gasteiger partial charge in [0.2, 0.25) is 0 Å². The van der Waals surface area contributed by atoms with Crippen LogP contribution in [-0.2, 0) is 0 Å². The maximum Gasteiger partial charge on any atom is 0.119 e. The molecule has 1 fully saturated rings. The van der Waals surface area contributed by atoms with E-state index in [1.807, 2.05) is 26.0 Å². The lowest BCUT2D eigenvalue weighted by Crippen LogP contribution is -2.52. The van der Waals surface area contributed by atoms with Crippen molar-refractivity contribution in [1.29, 1.82) is 0 Å². The lowest BCUT2D eigenvalue weighted by Gasteiger charge is -2.35. The first-order chi connectivity index (χ1) is 10.1. The van der Waals surface area contributed by atoms with Crippen molar-refractivity contribution in [2.45, 2.75) is 26.0 Å². The van der Waals surface area contributed by atoms with Gasteiger partial charge in [0.1, 0.15) is 5.75 Å². The summed E-state index contributed by atoms with van der Waals surface area (Å²) in [6.07, 6.45) is 0.199. The Hall–Kier alpha value is -1.14. The summed E-state index contributed by atoms with van der Waals surface area (Å²) in [7, 11) is 2.16.